The van der Waals surface area contributed by atoms with Gasteiger partial charge in [0.15, 0.2) is 0 Å². The molecule has 0 saturated heterocycles. The molecule has 0 saturated carbocycles. The zero-order valence-electron chi connectivity index (χ0n) is 11.6. The summed E-state index contributed by atoms with van der Waals surface area (Å²) in [7, 11) is 3.49. The molecule has 1 aromatic heterocycles. The average Bonchev–Trinajstić information content (AvgIpc) is 2.88. The van der Waals surface area contributed by atoms with Crippen LogP contribution >= 0.6 is 0 Å². The SMILES string of the molecule is COc1ccc(CNCCc2nncn2C)cc1C#N. The first-order valence-electron chi connectivity index (χ1n) is 6.35. The molecule has 0 aliphatic carbocycles. The van der Waals surface area contributed by atoms with Gasteiger partial charge in [-0.1, -0.05) is 6.07 Å². The van der Waals surface area contributed by atoms with Crippen LogP contribution in [0.5, 0.6) is 5.75 Å². The van der Waals surface area contributed by atoms with E-state index in [1.807, 2.05) is 29.8 Å². The second kappa shape index (κ2) is 6.68. The number of aryl methyl sites for hydroxylation is 1. The van der Waals surface area contributed by atoms with E-state index in [0.29, 0.717) is 17.9 Å². The highest BCUT2D eigenvalue weighted by Crippen LogP contribution is 2.18. The fourth-order valence-corrected chi connectivity index (χ4v) is 1.92. The lowest BCUT2D eigenvalue weighted by atomic mass is 10.1. The Hall–Kier alpha value is -2.39. The van der Waals surface area contributed by atoms with Crippen molar-refractivity contribution in [3.05, 3.63) is 41.5 Å². The molecule has 2 aromatic rings. The molecule has 1 aromatic carbocycles. The summed E-state index contributed by atoms with van der Waals surface area (Å²) in [5, 5.41) is 20.2. The van der Waals surface area contributed by atoms with E-state index in [2.05, 4.69) is 21.6 Å². The molecule has 6 heteroatoms. The number of ether oxygens (including phenoxy) is 1. The molecule has 0 spiro atoms. The molecule has 0 atom stereocenters. The molecule has 0 fully saturated rings. The van der Waals surface area contributed by atoms with Crippen LogP contribution in [-0.2, 0) is 20.0 Å². The first kappa shape index (κ1) is 14.0. The number of nitrogens with zero attached hydrogens (tertiary/aromatic N) is 4. The zero-order valence-corrected chi connectivity index (χ0v) is 11.6. The molecule has 1 N–H and O–H groups in total. The smallest absolute Gasteiger partial charge is 0.136 e. The van der Waals surface area contributed by atoms with Crippen molar-refractivity contribution in [3.8, 4) is 11.8 Å². The Bertz CT molecular complexity index is 614. The normalized spacial score (nSPS) is 10.2. The van der Waals surface area contributed by atoms with Crippen molar-refractivity contribution in [2.75, 3.05) is 13.7 Å². The zero-order chi connectivity index (χ0) is 14.4. The molecule has 20 heavy (non-hydrogen) atoms. The summed E-state index contributed by atoms with van der Waals surface area (Å²) in [5.74, 6) is 1.56. The Morgan fingerprint density at radius 3 is 2.95 bits per heavy atom. The van der Waals surface area contributed by atoms with E-state index in [1.54, 1.807) is 13.4 Å². The highest BCUT2D eigenvalue weighted by molar-refractivity contribution is 5.45. The Balaban J connectivity index is 1.85. The van der Waals surface area contributed by atoms with Crippen LogP contribution in [0, 0.1) is 11.3 Å². The van der Waals surface area contributed by atoms with Gasteiger partial charge in [-0.2, -0.15) is 5.26 Å². The lowest BCUT2D eigenvalue weighted by molar-refractivity contribution is 0.413. The Morgan fingerprint density at radius 1 is 1.45 bits per heavy atom. The van der Waals surface area contributed by atoms with Gasteiger partial charge in [-0.15, -0.1) is 10.2 Å². The maximum atomic E-state index is 9.03. The summed E-state index contributed by atoms with van der Waals surface area (Å²) >= 11 is 0. The van der Waals surface area contributed by atoms with E-state index < -0.39 is 0 Å². The maximum absolute atomic E-state index is 9.03. The maximum Gasteiger partial charge on any atom is 0.136 e. The molecule has 0 radical (unpaired) electrons. The van der Waals surface area contributed by atoms with Gasteiger partial charge >= 0.3 is 0 Å². The molecule has 104 valence electrons. The van der Waals surface area contributed by atoms with E-state index in [4.69, 9.17) is 10.00 Å². The predicted molar refractivity (Wildman–Crippen MR) is 74.1 cm³/mol. The molecule has 1 heterocycles. The fraction of sp³-hybridized carbons (Fsp3) is 0.357. The lowest BCUT2D eigenvalue weighted by Crippen LogP contribution is -2.18. The number of nitrogens with one attached hydrogen (secondary N) is 1. The van der Waals surface area contributed by atoms with Crippen LogP contribution in [0.15, 0.2) is 24.5 Å². The number of hydrogen-bond acceptors (Lipinski definition) is 5. The standard InChI is InChI=1S/C14H17N5O/c1-19-10-17-18-14(19)5-6-16-9-11-3-4-13(20-2)12(7-11)8-15/h3-4,7,10,16H,5-6,9H2,1-2H3. The number of rotatable bonds is 6. The second-order valence-electron chi connectivity index (χ2n) is 4.43. The highest BCUT2D eigenvalue weighted by Gasteiger charge is 2.04. The fourth-order valence-electron chi connectivity index (χ4n) is 1.92. The minimum absolute atomic E-state index is 0.556. The van der Waals surface area contributed by atoms with E-state index in [1.165, 1.54) is 0 Å². The van der Waals surface area contributed by atoms with Crippen LogP contribution < -0.4 is 10.1 Å². The van der Waals surface area contributed by atoms with Gasteiger partial charge in [-0.25, -0.2) is 0 Å². The summed E-state index contributed by atoms with van der Waals surface area (Å²) in [6, 6.07) is 7.75. The molecule has 0 bridgehead atoms. The number of methoxy groups -OCH3 is 1. The van der Waals surface area contributed by atoms with Gasteiger partial charge in [0.1, 0.15) is 24.0 Å². The molecule has 2 rings (SSSR count). The molecule has 0 unspecified atom stereocenters. The molecule has 0 aliphatic heterocycles. The Labute approximate surface area is 118 Å². The molecule has 0 amide bonds. The van der Waals surface area contributed by atoms with Gasteiger partial charge in [-0.3, -0.25) is 0 Å². The van der Waals surface area contributed by atoms with Crippen molar-refractivity contribution in [2.24, 2.45) is 7.05 Å². The summed E-state index contributed by atoms with van der Waals surface area (Å²) in [5.41, 5.74) is 1.61. The second-order valence-corrected chi connectivity index (χ2v) is 4.43. The molecule has 0 aliphatic rings. The predicted octanol–water partition coefficient (Wildman–Crippen LogP) is 1.03. The minimum atomic E-state index is 0.556. The summed E-state index contributed by atoms with van der Waals surface area (Å²) in [6.45, 7) is 1.51. The van der Waals surface area contributed by atoms with Crippen molar-refractivity contribution in [2.45, 2.75) is 13.0 Å². The number of aromatic nitrogens is 3. The van der Waals surface area contributed by atoms with E-state index in [-0.39, 0.29) is 0 Å². The monoisotopic (exact) mass is 271 g/mol. The third-order valence-electron chi connectivity index (χ3n) is 3.04. The van der Waals surface area contributed by atoms with E-state index in [9.17, 15) is 0 Å². The van der Waals surface area contributed by atoms with Gasteiger partial charge in [0.05, 0.1) is 12.7 Å². The topological polar surface area (TPSA) is 75.8 Å². The van der Waals surface area contributed by atoms with Gasteiger partial charge in [0.25, 0.3) is 0 Å². The number of hydrogen-bond donors (Lipinski definition) is 1. The number of nitriles is 1. The van der Waals surface area contributed by atoms with Gasteiger partial charge < -0.3 is 14.6 Å². The van der Waals surface area contributed by atoms with Crippen molar-refractivity contribution in [1.82, 2.24) is 20.1 Å². The highest BCUT2D eigenvalue weighted by atomic mass is 16.5. The summed E-state index contributed by atoms with van der Waals surface area (Å²) in [6.07, 6.45) is 2.51. The van der Waals surface area contributed by atoms with Crippen LogP contribution in [-0.4, -0.2) is 28.4 Å². The van der Waals surface area contributed by atoms with Crippen molar-refractivity contribution in [1.29, 1.82) is 5.26 Å². The van der Waals surface area contributed by atoms with Gasteiger partial charge in [-0.05, 0) is 17.7 Å². The first-order chi connectivity index (χ1) is 9.74. The lowest BCUT2D eigenvalue weighted by Gasteiger charge is -2.07. The van der Waals surface area contributed by atoms with Crippen LogP contribution in [0.2, 0.25) is 0 Å². The van der Waals surface area contributed by atoms with Crippen LogP contribution in [0.1, 0.15) is 17.0 Å². The van der Waals surface area contributed by atoms with Crippen LogP contribution in [0.3, 0.4) is 0 Å². The van der Waals surface area contributed by atoms with E-state index in [0.717, 1.165) is 24.4 Å². The minimum Gasteiger partial charge on any atom is -0.495 e. The van der Waals surface area contributed by atoms with Crippen molar-refractivity contribution >= 4 is 0 Å². The third kappa shape index (κ3) is 3.33. The Morgan fingerprint density at radius 2 is 2.30 bits per heavy atom. The van der Waals surface area contributed by atoms with E-state index >= 15 is 0 Å². The largest absolute Gasteiger partial charge is 0.495 e. The number of benzene rings is 1. The molecular weight excluding hydrogens is 254 g/mol. The average molecular weight is 271 g/mol. The molecular formula is C14H17N5O. The molecule has 6 nitrogen and oxygen atoms in total. The summed E-state index contributed by atoms with van der Waals surface area (Å²) < 4.78 is 7.02. The van der Waals surface area contributed by atoms with Gasteiger partial charge in [0, 0.05) is 26.6 Å². The summed E-state index contributed by atoms with van der Waals surface area (Å²) in [4.78, 5) is 0. The van der Waals surface area contributed by atoms with Crippen molar-refractivity contribution in [3.63, 3.8) is 0 Å². The first-order valence-corrected chi connectivity index (χ1v) is 6.35. The Kier molecular flexibility index (Phi) is 4.69. The quantitative estimate of drug-likeness (QED) is 0.794. The van der Waals surface area contributed by atoms with Gasteiger partial charge in [0.2, 0.25) is 0 Å². The third-order valence-corrected chi connectivity index (χ3v) is 3.04. The van der Waals surface area contributed by atoms with Crippen molar-refractivity contribution < 1.29 is 4.74 Å². The van der Waals surface area contributed by atoms with Crippen LogP contribution in [0.25, 0.3) is 0 Å². The van der Waals surface area contributed by atoms with Crippen LogP contribution in [0.4, 0.5) is 0 Å².